The van der Waals surface area contributed by atoms with Gasteiger partial charge in [0.15, 0.2) is 0 Å². The molecular formula is C18H22FNO4S. The molecule has 136 valence electrons. The molecule has 0 spiro atoms. The number of aliphatic hydroxyl groups excluding tert-OH is 2. The molecule has 25 heavy (non-hydrogen) atoms. The summed E-state index contributed by atoms with van der Waals surface area (Å²) < 4.78 is 38.6. The van der Waals surface area contributed by atoms with Gasteiger partial charge in [-0.15, -0.1) is 0 Å². The molecule has 7 heteroatoms. The standard InChI is InChI=1S/C18H22FNO4S/c19-14-2-1-3-15(10-14)25(23,24)16-4-5-17(18(22)11-16)13-6-7-20(12-13)8-9-21/h1-5,10-11,13,17-18,21-22H,6-9,12H2/t13-,17?,18?/m1/s1. The Morgan fingerprint density at radius 2 is 2.12 bits per heavy atom. The maximum Gasteiger partial charge on any atom is 0.206 e. The summed E-state index contributed by atoms with van der Waals surface area (Å²) in [7, 11) is -3.85. The van der Waals surface area contributed by atoms with Crippen LogP contribution in [0.25, 0.3) is 0 Å². The Morgan fingerprint density at radius 1 is 1.32 bits per heavy atom. The maximum absolute atomic E-state index is 13.3. The second-order valence-electron chi connectivity index (χ2n) is 6.53. The van der Waals surface area contributed by atoms with Gasteiger partial charge in [0.05, 0.1) is 22.5 Å². The Morgan fingerprint density at radius 3 is 2.80 bits per heavy atom. The molecule has 2 aliphatic rings. The third-order valence-corrected chi connectivity index (χ3v) is 6.67. The molecule has 3 atom stereocenters. The number of nitrogens with zero attached hydrogens (tertiary/aromatic N) is 1. The van der Waals surface area contributed by atoms with Gasteiger partial charge >= 0.3 is 0 Å². The van der Waals surface area contributed by atoms with Gasteiger partial charge in [0.25, 0.3) is 0 Å². The minimum Gasteiger partial charge on any atom is -0.395 e. The van der Waals surface area contributed by atoms with Crippen LogP contribution in [-0.2, 0) is 9.84 Å². The summed E-state index contributed by atoms with van der Waals surface area (Å²) in [5.41, 5.74) is 0. The highest BCUT2D eigenvalue weighted by Crippen LogP contribution is 2.33. The molecule has 1 aliphatic heterocycles. The predicted octanol–water partition coefficient (Wildman–Crippen LogP) is 1.34. The van der Waals surface area contributed by atoms with Gasteiger partial charge in [0.2, 0.25) is 9.84 Å². The van der Waals surface area contributed by atoms with E-state index in [9.17, 15) is 17.9 Å². The van der Waals surface area contributed by atoms with E-state index in [1.54, 1.807) is 6.08 Å². The van der Waals surface area contributed by atoms with Crippen LogP contribution in [0.15, 0.2) is 52.3 Å². The number of benzene rings is 1. The van der Waals surface area contributed by atoms with Gasteiger partial charge in [-0.05, 0) is 49.2 Å². The lowest BCUT2D eigenvalue weighted by molar-refractivity contribution is 0.136. The molecule has 1 heterocycles. The van der Waals surface area contributed by atoms with Crippen LogP contribution in [0.3, 0.4) is 0 Å². The zero-order valence-corrected chi connectivity index (χ0v) is 14.6. The van der Waals surface area contributed by atoms with Crippen molar-refractivity contribution in [1.29, 1.82) is 0 Å². The fraction of sp³-hybridized carbons (Fsp3) is 0.444. The smallest absolute Gasteiger partial charge is 0.206 e. The number of rotatable bonds is 5. The molecule has 0 saturated carbocycles. The number of aliphatic hydroxyl groups is 2. The van der Waals surface area contributed by atoms with Crippen molar-refractivity contribution in [3.63, 3.8) is 0 Å². The van der Waals surface area contributed by atoms with E-state index < -0.39 is 21.8 Å². The lowest BCUT2D eigenvalue weighted by Crippen LogP contribution is -2.31. The molecule has 0 amide bonds. The van der Waals surface area contributed by atoms with E-state index in [0.717, 1.165) is 25.6 Å². The average molecular weight is 367 g/mol. The quantitative estimate of drug-likeness (QED) is 0.821. The molecule has 2 N–H and O–H groups in total. The van der Waals surface area contributed by atoms with Gasteiger partial charge < -0.3 is 15.1 Å². The fourth-order valence-corrected chi connectivity index (χ4v) is 4.94. The van der Waals surface area contributed by atoms with Crippen molar-refractivity contribution in [2.75, 3.05) is 26.2 Å². The number of hydrogen-bond acceptors (Lipinski definition) is 5. The zero-order valence-electron chi connectivity index (χ0n) is 13.8. The van der Waals surface area contributed by atoms with Crippen LogP contribution >= 0.6 is 0 Å². The van der Waals surface area contributed by atoms with Crippen LogP contribution in [-0.4, -0.2) is 55.9 Å². The monoisotopic (exact) mass is 367 g/mol. The molecule has 0 bridgehead atoms. The number of halogens is 1. The van der Waals surface area contributed by atoms with Crippen LogP contribution in [0.2, 0.25) is 0 Å². The molecule has 2 unspecified atom stereocenters. The SMILES string of the molecule is O=S(=O)(C1=CC(O)C([C@@H]2CCN(CCO)C2)C=C1)c1cccc(F)c1. The first-order chi connectivity index (χ1) is 11.9. The Labute approximate surface area is 147 Å². The minimum atomic E-state index is -3.85. The zero-order chi connectivity index (χ0) is 18.0. The molecule has 1 fully saturated rings. The first kappa shape index (κ1) is 18.3. The summed E-state index contributed by atoms with van der Waals surface area (Å²) >= 11 is 0. The highest BCUT2D eigenvalue weighted by atomic mass is 32.2. The Hall–Kier alpha value is -1.54. The minimum absolute atomic E-state index is 0.00735. The summed E-state index contributed by atoms with van der Waals surface area (Å²) in [6.07, 6.45) is 4.59. The normalized spacial score (nSPS) is 27.5. The molecule has 1 aromatic rings. The Balaban J connectivity index is 1.76. The summed E-state index contributed by atoms with van der Waals surface area (Å²) in [5.74, 6) is -0.558. The molecule has 1 saturated heterocycles. The van der Waals surface area contributed by atoms with Crippen LogP contribution < -0.4 is 0 Å². The molecule has 1 aliphatic carbocycles. The summed E-state index contributed by atoms with van der Waals surface area (Å²) in [5, 5.41) is 19.5. The molecular weight excluding hydrogens is 345 g/mol. The first-order valence-electron chi connectivity index (χ1n) is 8.34. The molecule has 0 radical (unpaired) electrons. The van der Waals surface area contributed by atoms with E-state index in [1.807, 2.05) is 0 Å². The number of hydrogen-bond donors (Lipinski definition) is 2. The summed E-state index contributed by atoms with van der Waals surface area (Å²) in [6.45, 7) is 2.34. The van der Waals surface area contributed by atoms with E-state index in [2.05, 4.69) is 4.90 Å². The lowest BCUT2D eigenvalue weighted by Gasteiger charge is -2.27. The van der Waals surface area contributed by atoms with Gasteiger partial charge in [-0.25, -0.2) is 12.8 Å². The van der Waals surface area contributed by atoms with Crippen LogP contribution in [0.1, 0.15) is 6.42 Å². The third kappa shape index (κ3) is 3.84. The number of allylic oxidation sites excluding steroid dienone is 1. The fourth-order valence-electron chi connectivity index (χ4n) is 3.56. The van der Waals surface area contributed by atoms with E-state index >= 15 is 0 Å². The van der Waals surface area contributed by atoms with Crippen LogP contribution in [0.4, 0.5) is 4.39 Å². The number of likely N-dealkylation sites (tertiary alicyclic amines) is 1. The topological polar surface area (TPSA) is 77.8 Å². The average Bonchev–Trinajstić information content (AvgIpc) is 3.03. The highest BCUT2D eigenvalue weighted by molar-refractivity contribution is 7.95. The van der Waals surface area contributed by atoms with E-state index in [0.29, 0.717) is 6.54 Å². The highest BCUT2D eigenvalue weighted by Gasteiger charge is 2.34. The van der Waals surface area contributed by atoms with Gasteiger partial charge in [0, 0.05) is 19.0 Å². The molecule has 5 nitrogen and oxygen atoms in total. The Kier molecular flexibility index (Phi) is 5.38. The molecule has 0 aromatic heterocycles. The maximum atomic E-state index is 13.3. The lowest BCUT2D eigenvalue weighted by atomic mass is 9.84. The van der Waals surface area contributed by atoms with Gasteiger partial charge in [-0.2, -0.15) is 0 Å². The van der Waals surface area contributed by atoms with Gasteiger partial charge in [0.1, 0.15) is 5.82 Å². The van der Waals surface area contributed by atoms with Crippen molar-refractivity contribution in [2.45, 2.75) is 17.4 Å². The summed E-state index contributed by atoms with van der Waals surface area (Å²) in [4.78, 5) is 2.00. The van der Waals surface area contributed by atoms with Crippen molar-refractivity contribution < 1.29 is 23.0 Å². The van der Waals surface area contributed by atoms with Crippen LogP contribution in [0.5, 0.6) is 0 Å². The van der Waals surface area contributed by atoms with Crippen molar-refractivity contribution in [3.8, 4) is 0 Å². The second-order valence-corrected chi connectivity index (χ2v) is 8.48. The van der Waals surface area contributed by atoms with Crippen LogP contribution in [0, 0.1) is 17.7 Å². The van der Waals surface area contributed by atoms with E-state index in [1.165, 1.54) is 30.4 Å². The number of β-amino-alcohol motifs (C(OH)–C–C–N with tert-alkyl or cyclic N) is 1. The van der Waals surface area contributed by atoms with Crippen molar-refractivity contribution in [2.24, 2.45) is 11.8 Å². The largest absolute Gasteiger partial charge is 0.395 e. The van der Waals surface area contributed by atoms with E-state index in [-0.39, 0.29) is 28.2 Å². The van der Waals surface area contributed by atoms with E-state index in [4.69, 9.17) is 5.11 Å². The Bertz CT molecular complexity index is 790. The third-order valence-electron chi connectivity index (χ3n) is 4.90. The molecule has 3 rings (SSSR count). The predicted molar refractivity (Wildman–Crippen MR) is 91.9 cm³/mol. The van der Waals surface area contributed by atoms with Crippen molar-refractivity contribution >= 4 is 9.84 Å². The van der Waals surface area contributed by atoms with Crippen molar-refractivity contribution in [1.82, 2.24) is 4.90 Å². The van der Waals surface area contributed by atoms with Gasteiger partial charge in [-0.1, -0.05) is 12.1 Å². The first-order valence-corrected chi connectivity index (χ1v) is 9.82. The summed E-state index contributed by atoms with van der Waals surface area (Å²) in [6, 6.07) is 4.86. The van der Waals surface area contributed by atoms with Crippen molar-refractivity contribution in [3.05, 3.63) is 53.2 Å². The van der Waals surface area contributed by atoms with Gasteiger partial charge in [-0.3, -0.25) is 0 Å². The molecule has 1 aromatic carbocycles. The number of sulfone groups is 1. The second kappa shape index (κ2) is 7.37.